The van der Waals surface area contributed by atoms with Crippen LogP contribution < -0.4 is 10.5 Å². The van der Waals surface area contributed by atoms with Crippen molar-refractivity contribution in [1.29, 1.82) is 5.26 Å². The molecule has 28 heavy (non-hydrogen) atoms. The molecule has 140 valence electrons. The fourth-order valence-electron chi connectivity index (χ4n) is 2.98. The lowest BCUT2D eigenvalue weighted by molar-refractivity contribution is -0.139. The summed E-state index contributed by atoms with van der Waals surface area (Å²) in [4.78, 5) is 15.3. The number of phenolic OH excluding ortho intramolecular Hbond substituents is 1. The van der Waals surface area contributed by atoms with E-state index in [0.29, 0.717) is 28.1 Å². The van der Waals surface area contributed by atoms with Gasteiger partial charge in [0.1, 0.15) is 28.9 Å². The van der Waals surface area contributed by atoms with Gasteiger partial charge in [0.05, 0.1) is 5.69 Å². The van der Waals surface area contributed by atoms with Crippen LogP contribution in [0.1, 0.15) is 11.1 Å². The van der Waals surface area contributed by atoms with E-state index in [1.807, 2.05) is 0 Å². The lowest BCUT2D eigenvalue weighted by Gasteiger charge is -2.17. The third-order valence-corrected chi connectivity index (χ3v) is 4.23. The summed E-state index contributed by atoms with van der Waals surface area (Å²) < 4.78 is 5.41. The average molecular weight is 375 g/mol. The number of anilines is 1. The minimum absolute atomic E-state index is 0.0548. The number of carboxylic acid groups (broad SMARTS) is 1. The molecule has 0 aliphatic carbocycles. The van der Waals surface area contributed by atoms with Crippen molar-refractivity contribution in [2.45, 2.75) is 6.92 Å². The molecule has 7 nitrogen and oxygen atoms in total. The molecule has 1 heterocycles. The zero-order valence-corrected chi connectivity index (χ0v) is 15.0. The van der Waals surface area contributed by atoms with E-state index >= 15 is 0 Å². The number of carboxylic acids is 1. The number of para-hydroxylation sites is 1. The molecule has 0 aliphatic heterocycles. The Labute approximate surface area is 161 Å². The summed E-state index contributed by atoms with van der Waals surface area (Å²) in [6.07, 6.45) is 0. The molecule has 0 radical (unpaired) electrons. The Morgan fingerprint density at radius 2 is 1.89 bits per heavy atom. The minimum atomic E-state index is -1.11. The van der Waals surface area contributed by atoms with Gasteiger partial charge in [-0.15, -0.1) is 0 Å². The van der Waals surface area contributed by atoms with E-state index in [1.165, 1.54) is 12.1 Å². The molecular weight excluding hydrogens is 358 g/mol. The second-order valence-corrected chi connectivity index (χ2v) is 6.06. The fraction of sp³-hybridized carbons (Fsp3) is 0.0952. The van der Waals surface area contributed by atoms with Gasteiger partial charge in [-0.25, -0.2) is 9.78 Å². The van der Waals surface area contributed by atoms with Crippen molar-refractivity contribution >= 4 is 11.8 Å². The van der Waals surface area contributed by atoms with Gasteiger partial charge < -0.3 is 20.7 Å². The molecule has 0 aliphatic rings. The van der Waals surface area contributed by atoms with Crippen LogP contribution >= 0.6 is 0 Å². The van der Waals surface area contributed by atoms with Crippen LogP contribution in [0.4, 0.5) is 5.82 Å². The van der Waals surface area contributed by atoms with Gasteiger partial charge in [-0.1, -0.05) is 18.2 Å². The van der Waals surface area contributed by atoms with Crippen LogP contribution in [0.5, 0.6) is 11.5 Å². The largest absolute Gasteiger partial charge is 0.508 e. The number of carbonyl (C=O) groups is 1. The van der Waals surface area contributed by atoms with Crippen molar-refractivity contribution in [3.8, 4) is 40.0 Å². The Kier molecular flexibility index (Phi) is 5.14. The van der Waals surface area contributed by atoms with E-state index < -0.39 is 12.6 Å². The van der Waals surface area contributed by atoms with E-state index in [2.05, 4.69) is 11.1 Å². The molecule has 0 fully saturated rings. The van der Waals surface area contributed by atoms with Crippen molar-refractivity contribution in [2.75, 3.05) is 12.3 Å². The number of benzene rings is 2. The summed E-state index contributed by atoms with van der Waals surface area (Å²) in [6, 6.07) is 15.4. The van der Waals surface area contributed by atoms with Crippen molar-refractivity contribution in [1.82, 2.24) is 4.98 Å². The molecular formula is C21H17N3O4. The molecule has 0 atom stereocenters. The first-order chi connectivity index (χ1) is 13.4. The quantitative estimate of drug-likeness (QED) is 0.623. The molecule has 2 aromatic carbocycles. The topological polar surface area (TPSA) is 129 Å². The van der Waals surface area contributed by atoms with E-state index in [1.54, 1.807) is 43.3 Å². The number of nitrogens with zero attached hydrogens (tertiary/aromatic N) is 2. The Morgan fingerprint density at radius 1 is 1.21 bits per heavy atom. The summed E-state index contributed by atoms with van der Waals surface area (Å²) in [6.45, 7) is 1.29. The number of hydrogen-bond acceptors (Lipinski definition) is 6. The number of nitrogens with two attached hydrogens (primary N) is 1. The molecule has 7 heteroatoms. The monoisotopic (exact) mass is 375 g/mol. The maximum atomic E-state index is 10.9. The lowest BCUT2D eigenvalue weighted by Crippen LogP contribution is -2.10. The zero-order chi connectivity index (χ0) is 20.3. The van der Waals surface area contributed by atoms with E-state index in [0.717, 1.165) is 5.56 Å². The number of aromatic nitrogens is 1. The number of ether oxygens (including phenoxy) is 1. The Hall–Kier alpha value is -4.05. The molecule has 3 rings (SSSR count). The van der Waals surface area contributed by atoms with Gasteiger partial charge in [-0.2, -0.15) is 5.26 Å². The Bertz CT molecular complexity index is 1090. The standard InChI is InChI=1S/C21H17N3O4/c1-12-19(15-4-2-3-5-17(15)28-11-18(26)27)16(10-22)21(23)24-20(12)13-6-8-14(25)9-7-13/h2-9,25H,11H2,1H3,(H2,23,24)(H,26,27). The molecule has 0 spiro atoms. The summed E-state index contributed by atoms with van der Waals surface area (Å²) in [7, 11) is 0. The van der Waals surface area contributed by atoms with Crippen LogP contribution in [0.3, 0.4) is 0 Å². The maximum Gasteiger partial charge on any atom is 0.341 e. The minimum Gasteiger partial charge on any atom is -0.508 e. The first-order valence-corrected chi connectivity index (χ1v) is 8.36. The molecule has 1 aromatic heterocycles. The molecule has 0 amide bonds. The number of nitrogen functional groups attached to an aromatic ring is 1. The van der Waals surface area contributed by atoms with E-state index in [-0.39, 0.29) is 17.1 Å². The fourth-order valence-corrected chi connectivity index (χ4v) is 2.98. The predicted octanol–water partition coefficient (Wildman–Crippen LogP) is 3.35. The normalized spacial score (nSPS) is 10.3. The van der Waals surface area contributed by atoms with Crippen molar-refractivity contribution in [2.24, 2.45) is 0 Å². The van der Waals surface area contributed by atoms with Gasteiger partial charge in [-0.3, -0.25) is 0 Å². The highest BCUT2D eigenvalue weighted by molar-refractivity contribution is 5.86. The number of hydrogen-bond donors (Lipinski definition) is 3. The van der Waals surface area contributed by atoms with Crippen molar-refractivity contribution in [3.63, 3.8) is 0 Å². The Balaban J connectivity index is 2.25. The second kappa shape index (κ2) is 7.68. The molecule has 3 aromatic rings. The van der Waals surface area contributed by atoms with Crippen LogP contribution in [0.15, 0.2) is 48.5 Å². The summed E-state index contributed by atoms with van der Waals surface area (Å²) >= 11 is 0. The zero-order valence-electron chi connectivity index (χ0n) is 15.0. The van der Waals surface area contributed by atoms with Gasteiger partial charge in [0, 0.05) is 16.7 Å². The van der Waals surface area contributed by atoms with Crippen LogP contribution in [-0.2, 0) is 4.79 Å². The summed E-state index contributed by atoms with van der Waals surface area (Å²) in [5.41, 5.74) is 9.28. The number of nitriles is 1. The van der Waals surface area contributed by atoms with Crippen LogP contribution in [0.25, 0.3) is 22.4 Å². The molecule has 0 saturated heterocycles. The molecule has 0 saturated carbocycles. The third-order valence-electron chi connectivity index (χ3n) is 4.23. The number of aliphatic carboxylic acids is 1. The summed E-state index contributed by atoms with van der Waals surface area (Å²) in [5, 5.41) is 28.1. The third kappa shape index (κ3) is 3.57. The number of aromatic hydroxyl groups is 1. The number of pyridine rings is 1. The second-order valence-electron chi connectivity index (χ2n) is 6.06. The number of rotatable bonds is 5. The molecule has 0 bridgehead atoms. The van der Waals surface area contributed by atoms with Crippen molar-refractivity contribution in [3.05, 3.63) is 59.7 Å². The van der Waals surface area contributed by atoms with Crippen LogP contribution in [-0.4, -0.2) is 27.8 Å². The molecule has 0 unspecified atom stereocenters. The van der Waals surface area contributed by atoms with Gasteiger partial charge in [0.15, 0.2) is 6.61 Å². The first kappa shape index (κ1) is 18.7. The average Bonchev–Trinajstić information content (AvgIpc) is 2.68. The van der Waals surface area contributed by atoms with Gasteiger partial charge in [0.2, 0.25) is 0 Å². The predicted molar refractivity (Wildman–Crippen MR) is 104 cm³/mol. The SMILES string of the molecule is Cc1c(-c2ccc(O)cc2)nc(N)c(C#N)c1-c1ccccc1OCC(=O)O. The Morgan fingerprint density at radius 3 is 2.54 bits per heavy atom. The van der Waals surface area contributed by atoms with Gasteiger partial charge in [0.25, 0.3) is 0 Å². The highest BCUT2D eigenvalue weighted by Crippen LogP contribution is 2.40. The van der Waals surface area contributed by atoms with E-state index in [9.17, 15) is 15.2 Å². The number of phenols is 1. The first-order valence-electron chi connectivity index (χ1n) is 8.36. The highest BCUT2D eigenvalue weighted by Gasteiger charge is 2.21. The summed E-state index contributed by atoms with van der Waals surface area (Å²) in [5.74, 6) is -0.604. The lowest BCUT2D eigenvalue weighted by atomic mass is 9.92. The van der Waals surface area contributed by atoms with Crippen molar-refractivity contribution < 1.29 is 19.7 Å². The van der Waals surface area contributed by atoms with Gasteiger partial charge in [-0.05, 0) is 42.8 Å². The highest BCUT2D eigenvalue weighted by atomic mass is 16.5. The maximum absolute atomic E-state index is 10.9. The molecule has 4 N–H and O–H groups in total. The van der Waals surface area contributed by atoms with Crippen LogP contribution in [0, 0.1) is 18.3 Å². The van der Waals surface area contributed by atoms with Gasteiger partial charge >= 0.3 is 5.97 Å². The smallest absolute Gasteiger partial charge is 0.341 e. The van der Waals surface area contributed by atoms with E-state index in [4.69, 9.17) is 15.6 Å². The van der Waals surface area contributed by atoms with Crippen LogP contribution in [0.2, 0.25) is 0 Å².